The Hall–Kier alpha value is -1.55. The minimum absolute atomic E-state index is 0.113. The van der Waals surface area contributed by atoms with Crippen LogP contribution in [0.3, 0.4) is 0 Å². The van der Waals surface area contributed by atoms with Gasteiger partial charge in [-0.25, -0.2) is 0 Å². The molecule has 1 heterocycles. The molecule has 1 amide bonds. The fourth-order valence-electron chi connectivity index (χ4n) is 2.10. The summed E-state index contributed by atoms with van der Waals surface area (Å²) in [6, 6.07) is 7.41. The van der Waals surface area contributed by atoms with E-state index < -0.39 is 0 Å². The van der Waals surface area contributed by atoms with Gasteiger partial charge in [-0.2, -0.15) is 0 Å². The molecule has 4 nitrogen and oxygen atoms in total. The Morgan fingerprint density at radius 1 is 1.41 bits per heavy atom. The maximum Gasteiger partial charge on any atom is 0.226 e. The van der Waals surface area contributed by atoms with Crippen molar-refractivity contribution < 1.29 is 9.90 Å². The van der Waals surface area contributed by atoms with Gasteiger partial charge in [-0.15, -0.1) is 0 Å². The molecule has 3 N–H and O–H groups in total. The van der Waals surface area contributed by atoms with Crippen molar-refractivity contribution >= 4 is 11.6 Å². The van der Waals surface area contributed by atoms with Crippen LogP contribution in [0, 0.1) is 0 Å². The maximum atomic E-state index is 12.0. The molecule has 0 aliphatic carbocycles. The summed E-state index contributed by atoms with van der Waals surface area (Å²) < 4.78 is 0. The van der Waals surface area contributed by atoms with Gasteiger partial charge in [0.15, 0.2) is 0 Å². The molecule has 0 unspecified atom stereocenters. The Morgan fingerprint density at radius 3 is 2.76 bits per heavy atom. The van der Waals surface area contributed by atoms with E-state index in [1.165, 1.54) is 0 Å². The van der Waals surface area contributed by atoms with Crippen LogP contribution >= 0.6 is 0 Å². The van der Waals surface area contributed by atoms with Crippen molar-refractivity contribution in [3.05, 3.63) is 29.8 Å². The van der Waals surface area contributed by atoms with Crippen molar-refractivity contribution in [2.45, 2.75) is 25.4 Å². The minimum atomic E-state index is -0.244. The molecule has 0 radical (unpaired) electrons. The van der Waals surface area contributed by atoms with Gasteiger partial charge < -0.3 is 15.7 Å². The Bertz CT molecular complexity index is 398. The summed E-state index contributed by atoms with van der Waals surface area (Å²) >= 11 is 0. The number of nitrogens with two attached hydrogens (primary N) is 1. The van der Waals surface area contributed by atoms with Crippen LogP contribution in [0.4, 0.5) is 5.69 Å². The second-order valence-electron chi connectivity index (χ2n) is 4.53. The first-order chi connectivity index (χ1) is 8.15. The lowest BCUT2D eigenvalue weighted by Gasteiger charge is -2.29. The molecule has 0 bridgehead atoms. The summed E-state index contributed by atoms with van der Waals surface area (Å²) in [7, 11) is 0. The third kappa shape index (κ3) is 3.20. The van der Waals surface area contributed by atoms with Crippen LogP contribution in [-0.4, -0.2) is 35.1 Å². The number of aliphatic hydroxyl groups excluding tert-OH is 1. The van der Waals surface area contributed by atoms with Crippen molar-refractivity contribution in [1.29, 1.82) is 0 Å². The Balaban J connectivity index is 1.93. The molecule has 92 valence electrons. The van der Waals surface area contributed by atoms with Crippen LogP contribution in [0.25, 0.3) is 0 Å². The SMILES string of the molecule is Nc1cccc(CC(=O)N2CCC(O)CC2)c1. The molecule has 0 atom stereocenters. The molecule has 1 aromatic carbocycles. The molecule has 17 heavy (non-hydrogen) atoms. The largest absolute Gasteiger partial charge is 0.399 e. The van der Waals surface area contributed by atoms with E-state index in [9.17, 15) is 9.90 Å². The first-order valence-electron chi connectivity index (χ1n) is 5.95. The van der Waals surface area contributed by atoms with E-state index in [2.05, 4.69) is 0 Å². The number of anilines is 1. The van der Waals surface area contributed by atoms with E-state index >= 15 is 0 Å². The molecular formula is C13H18N2O2. The molecule has 0 spiro atoms. The van der Waals surface area contributed by atoms with E-state index in [4.69, 9.17) is 5.73 Å². The molecule has 1 saturated heterocycles. The Kier molecular flexibility index (Phi) is 3.64. The normalized spacial score (nSPS) is 17.1. The lowest BCUT2D eigenvalue weighted by atomic mass is 10.1. The number of hydrogen-bond donors (Lipinski definition) is 2. The van der Waals surface area contributed by atoms with Gasteiger partial charge in [0.2, 0.25) is 5.91 Å². The monoisotopic (exact) mass is 234 g/mol. The number of carbonyl (C=O) groups is 1. The number of rotatable bonds is 2. The van der Waals surface area contributed by atoms with Gasteiger partial charge in [0, 0.05) is 18.8 Å². The van der Waals surface area contributed by atoms with E-state index in [0.29, 0.717) is 38.0 Å². The third-order valence-electron chi connectivity index (χ3n) is 3.12. The van der Waals surface area contributed by atoms with Crippen LogP contribution in [-0.2, 0) is 11.2 Å². The zero-order chi connectivity index (χ0) is 12.3. The first-order valence-corrected chi connectivity index (χ1v) is 5.95. The highest BCUT2D eigenvalue weighted by molar-refractivity contribution is 5.79. The molecular weight excluding hydrogens is 216 g/mol. The maximum absolute atomic E-state index is 12.0. The van der Waals surface area contributed by atoms with Gasteiger partial charge in [-0.05, 0) is 30.5 Å². The number of nitrogen functional groups attached to an aromatic ring is 1. The second-order valence-corrected chi connectivity index (χ2v) is 4.53. The highest BCUT2D eigenvalue weighted by Gasteiger charge is 2.21. The minimum Gasteiger partial charge on any atom is -0.399 e. The molecule has 1 aromatic rings. The standard InChI is InChI=1S/C13H18N2O2/c14-11-3-1-2-10(8-11)9-13(17)15-6-4-12(16)5-7-15/h1-3,8,12,16H,4-7,9,14H2. The van der Waals surface area contributed by atoms with Gasteiger partial charge >= 0.3 is 0 Å². The van der Waals surface area contributed by atoms with Gasteiger partial charge in [-0.3, -0.25) is 4.79 Å². The third-order valence-corrected chi connectivity index (χ3v) is 3.12. The van der Waals surface area contributed by atoms with Crippen molar-refractivity contribution in [3.63, 3.8) is 0 Å². The number of likely N-dealkylation sites (tertiary alicyclic amines) is 1. The van der Waals surface area contributed by atoms with E-state index in [-0.39, 0.29) is 12.0 Å². The van der Waals surface area contributed by atoms with E-state index in [1.54, 1.807) is 0 Å². The average Bonchev–Trinajstić information content (AvgIpc) is 2.29. The number of aliphatic hydroxyl groups is 1. The highest BCUT2D eigenvalue weighted by Crippen LogP contribution is 2.13. The van der Waals surface area contributed by atoms with Gasteiger partial charge in [0.1, 0.15) is 0 Å². The van der Waals surface area contributed by atoms with Crippen LogP contribution < -0.4 is 5.73 Å². The number of piperidine rings is 1. The van der Waals surface area contributed by atoms with Gasteiger partial charge in [0.05, 0.1) is 12.5 Å². The molecule has 2 rings (SSSR count). The molecule has 4 heteroatoms. The fraction of sp³-hybridized carbons (Fsp3) is 0.462. The zero-order valence-electron chi connectivity index (χ0n) is 9.80. The lowest BCUT2D eigenvalue weighted by Crippen LogP contribution is -2.40. The predicted octanol–water partition coefficient (Wildman–Crippen LogP) is 0.795. The van der Waals surface area contributed by atoms with Crippen LogP contribution in [0.5, 0.6) is 0 Å². The Morgan fingerprint density at radius 2 is 2.12 bits per heavy atom. The number of amides is 1. The summed E-state index contributed by atoms with van der Waals surface area (Å²) in [5.41, 5.74) is 7.30. The number of carbonyl (C=O) groups excluding carboxylic acids is 1. The van der Waals surface area contributed by atoms with Gasteiger partial charge in [-0.1, -0.05) is 12.1 Å². The van der Waals surface area contributed by atoms with Crippen molar-refractivity contribution in [1.82, 2.24) is 4.90 Å². The first kappa shape index (κ1) is 11.9. The van der Waals surface area contributed by atoms with Crippen molar-refractivity contribution in [3.8, 4) is 0 Å². The molecule has 0 aromatic heterocycles. The summed E-state index contributed by atoms with van der Waals surface area (Å²) in [4.78, 5) is 13.8. The smallest absolute Gasteiger partial charge is 0.226 e. The van der Waals surface area contributed by atoms with Crippen molar-refractivity contribution in [2.24, 2.45) is 0 Å². The highest BCUT2D eigenvalue weighted by atomic mass is 16.3. The van der Waals surface area contributed by atoms with Crippen molar-refractivity contribution in [2.75, 3.05) is 18.8 Å². The number of nitrogens with zero attached hydrogens (tertiary/aromatic N) is 1. The topological polar surface area (TPSA) is 66.6 Å². The predicted molar refractivity (Wildman–Crippen MR) is 66.4 cm³/mol. The summed E-state index contributed by atoms with van der Waals surface area (Å²) in [5, 5.41) is 9.38. The summed E-state index contributed by atoms with van der Waals surface area (Å²) in [5.74, 6) is 0.113. The molecule has 0 saturated carbocycles. The van der Waals surface area contributed by atoms with Crippen LogP contribution in [0.1, 0.15) is 18.4 Å². The fourth-order valence-corrected chi connectivity index (χ4v) is 2.10. The zero-order valence-corrected chi connectivity index (χ0v) is 9.80. The molecule has 1 aliphatic rings. The van der Waals surface area contributed by atoms with Crippen LogP contribution in [0.15, 0.2) is 24.3 Å². The summed E-state index contributed by atoms with van der Waals surface area (Å²) in [6.45, 7) is 1.31. The quantitative estimate of drug-likeness (QED) is 0.744. The van der Waals surface area contributed by atoms with Gasteiger partial charge in [0.25, 0.3) is 0 Å². The Labute approximate surface area is 101 Å². The van der Waals surface area contributed by atoms with E-state index in [1.807, 2.05) is 29.2 Å². The van der Waals surface area contributed by atoms with E-state index in [0.717, 1.165) is 5.56 Å². The average molecular weight is 234 g/mol. The molecule has 1 aliphatic heterocycles. The molecule has 1 fully saturated rings. The lowest BCUT2D eigenvalue weighted by molar-refractivity contribution is -0.132. The van der Waals surface area contributed by atoms with Crippen LogP contribution in [0.2, 0.25) is 0 Å². The second kappa shape index (κ2) is 5.19. The number of hydrogen-bond acceptors (Lipinski definition) is 3. The summed E-state index contributed by atoms with van der Waals surface area (Å²) in [6.07, 6.45) is 1.51. The number of benzene rings is 1.